The zero-order valence-corrected chi connectivity index (χ0v) is 16.3. The molecule has 100 valence electrons. The van der Waals surface area contributed by atoms with Gasteiger partial charge in [-0.2, -0.15) is 0 Å². The number of rotatable bonds is 2. The van der Waals surface area contributed by atoms with E-state index in [1.54, 1.807) is 0 Å². The second-order valence-corrected chi connectivity index (χ2v) is 7.77. The summed E-state index contributed by atoms with van der Waals surface area (Å²) in [4.78, 5) is 0. The fourth-order valence-electron chi connectivity index (χ4n) is 1.78. The van der Waals surface area contributed by atoms with E-state index in [-0.39, 0.29) is 0 Å². The molecule has 0 amide bonds. The first-order valence-electron chi connectivity index (χ1n) is 5.48. The Morgan fingerprint density at radius 1 is 0.842 bits per heavy atom. The SMILES string of the molecule is Cc1cc(Br)c(C(O)c2cc(Br)cc(Br)c2)cc1Br. The van der Waals surface area contributed by atoms with E-state index in [1.807, 2.05) is 37.3 Å². The van der Waals surface area contributed by atoms with Gasteiger partial charge in [-0.25, -0.2) is 0 Å². The molecule has 0 saturated heterocycles. The number of hydrogen-bond donors (Lipinski definition) is 1. The summed E-state index contributed by atoms with van der Waals surface area (Å²) in [6.07, 6.45) is -0.680. The fraction of sp³-hybridized carbons (Fsp3) is 0.143. The average molecular weight is 514 g/mol. The van der Waals surface area contributed by atoms with Crippen LogP contribution >= 0.6 is 63.7 Å². The highest BCUT2D eigenvalue weighted by Gasteiger charge is 2.16. The van der Waals surface area contributed by atoms with E-state index in [9.17, 15) is 5.11 Å². The molecule has 1 nitrogen and oxygen atoms in total. The topological polar surface area (TPSA) is 20.2 Å². The zero-order chi connectivity index (χ0) is 14.2. The first-order chi connectivity index (χ1) is 8.88. The summed E-state index contributed by atoms with van der Waals surface area (Å²) >= 11 is 13.9. The van der Waals surface area contributed by atoms with Gasteiger partial charge < -0.3 is 5.11 Å². The molecule has 19 heavy (non-hydrogen) atoms. The smallest absolute Gasteiger partial charge is 0.105 e. The number of aliphatic hydroxyl groups is 1. The quantitative estimate of drug-likeness (QED) is 0.512. The van der Waals surface area contributed by atoms with Gasteiger partial charge in [-0.15, -0.1) is 0 Å². The van der Waals surface area contributed by atoms with E-state index in [4.69, 9.17) is 0 Å². The van der Waals surface area contributed by atoms with Crippen molar-refractivity contribution < 1.29 is 5.11 Å². The van der Waals surface area contributed by atoms with Gasteiger partial charge in [-0.05, 0) is 48.4 Å². The zero-order valence-electron chi connectivity index (χ0n) is 9.92. The summed E-state index contributed by atoms with van der Waals surface area (Å²) in [5.74, 6) is 0. The number of hydrogen-bond acceptors (Lipinski definition) is 1. The molecule has 0 fully saturated rings. The Bertz CT molecular complexity index is 605. The standard InChI is InChI=1S/C14H10Br4O/c1-7-2-13(18)11(6-12(7)17)14(19)8-3-9(15)5-10(16)4-8/h2-6,14,19H,1H3. The largest absolute Gasteiger partial charge is 0.384 e. The maximum Gasteiger partial charge on any atom is 0.105 e. The molecule has 0 aliphatic rings. The van der Waals surface area contributed by atoms with Crippen LogP contribution in [0.3, 0.4) is 0 Å². The van der Waals surface area contributed by atoms with Crippen LogP contribution in [0.2, 0.25) is 0 Å². The van der Waals surface area contributed by atoms with Crippen LogP contribution in [-0.4, -0.2) is 5.11 Å². The highest BCUT2D eigenvalue weighted by molar-refractivity contribution is 9.11. The molecule has 0 bridgehead atoms. The van der Waals surface area contributed by atoms with E-state index in [0.717, 1.165) is 34.6 Å². The predicted molar refractivity (Wildman–Crippen MR) is 92.5 cm³/mol. The van der Waals surface area contributed by atoms with Crippen LogP contribution in [-0.2, 0) is 0 Å². The molecule has 1 N–H and O–H groups in total. The van der Waals surface area contributed by atoms with Gasteiger partial charge in [0.15, 0.2) is 0 Å². The van der Waals surface area contributed by atoms with E-state index in [1.165, 1.54) is 0 Å². The van der Waals surface area contributed by atoms with Crippen LogP contribution < -0.4 is 0 Å². The summed E-state index contributed by atoms with van der Waals surface area (Å²) in [6.45, 7) is 2.01. The van der Waals surface area contributed by atoms with Crippen LogP contribution in [0.5, 0.6) is 0 Å². The monoisotopic (exact) mass is 510 g/mol. The maximum absolute atomic E-state index is 10.5. The lowest BCUT2D eigenvalue weighted by molar-refractivity contribution is 0.219. The second-order valence-electron chi connectivity index (χ2n) is 4.23. The van der Waals surface area contributed by atoms with Crippen LogP contribution in [0.15, 0.2) is 48.2 Å². The van der Waals surface area contributed by atoms with E-state index < -0.39 is 6.10 Å². The molecule has 2 aromatic rings. The van der Waals surface area contributed by atoms with Crippen molar-refractivity contribution in [3.63, 3.8) is 0 Å². The summed E-state index contributed by atoms with van der Waals surface area (Å²) in [7, 11) is 0. The molecule has 2 rings (SSSR count). The summed E-state index contributed by atoms with van der Waals surface area (Å²) in [5, 5.41) is 10.5. The number of aliphatic hydroxyl groups excluding tert-OH is 1. The molecule has 0 aliphatic heterocycles. The lowest BCUT2D eigenvalue weighted by atomic mass is 10.0. The molecule has 0 radical (unpaired) electrons. The molecular formula is C14H10Br4O. The Morgan fingerprint density at radius 3 is 2.00 bits per heavy atom. The number of benzene rings is 2. The first-order valence-corrected chi connectivity index (χ1v) is 8.65. The van der Waals surface area contributed by atoms with Crippen LogP contribution in [0.1, 0.15) is 22.8 Å². The van der Waals surface area contributed by atoms with Crippen molar-refractivity contribution in [2.75, 3.05) is 0 Å². The Morgan fingerprint density at radius 2 is 1.42 bits per heavy atom. The minimum absolute atomic E-state index is 0.680. The molecule has 5 heteroatoms. The highest BCUT2D eigenvalue weighted by Crippen LogP contribution is 2.34. The van der Waals surface area contributed by atoms with Gasteiger partial charge >= 0.3 is 0 Å². The Balaban J connectivity index is 2.49. The van der Waals surface area contributed by atoms with Crippen molar-refractivity contribution in [3.05, 3.63) is 64.9 Å². The van der Waals surface area contributed by atoms with Gasteiger partial charge in [0.1, 0.15) is 6.10 Å². The number of aryl methyl sites for hydroxylation is 1. The van der Waals surface area contributed by atoms with E-state index in [0.29, 0.717) is 0 Å². The Labute approximate surface area is 145 Å². The maximum atomic E-state index is 10.5. The third-order valence-corrected chi connectivity index (χ3v) is 5.23. The Kier molecular flexibility index (Phi) is 5.28. The van der Waals surface area contributed by atoms with Crippen LogP contribution in [0, 0.1) is 6.92 Å². The lowest BCUT2D eigenvalue weighted by Crippen LogP contribution is -2.01. The highest BCUT2D eigenvalue weighted by atomic mass is 79.9. The molecule has 0 spiro atoms. The van der Waals surface area contributed by atoms with E-state index in [2.05, 4.69) is 63.7 Å². The van der Waals surface area contributed by atoms with Crippen molar-refractivity contribution in [2.45, 2.75) is 13.0 Å². The summed E-state index contributed by atoms with van der Waals surface area (Å²) < 4.78 is 3.74. The molecule has 0 heterocycles. The third kappa shape index (κ3) is 3.70. The van der Waals surface area contributed by atoms with Gasteiger partial charge in [-0.1, -0.05) is 63.7 Å². The first kappa shape index (κ1) is 15.7. The lowest BCUT2D eigenvalue weighted by Gasteiger charge is -2.15. The molecule has 0 aromatic heterocycles. The molecule has 0 aliphatic carbocycles. The molecule has 1 atom stereocenters. The normalized spacial score (nSPS) is 12.5. The minimum atomic E-state index is -0.680. The summed E-state index contributed by atoms with van der Waals surface area (Å²) in [5.41, 5.74) is 2.79. The molecule has 2 aromatic carbocycles. The molecule has 0 saturated carbocycles. The van der Waals surface area contributed by atoms with Gasteiger partial charge in [-0.3, -0.25) is 0 Å². The van der Waals surface area contributed by atoms with Crippen molar-refractivity contribution in [1.82, 2.24) is 0 Å². The number of halogens is 4. The molecular weight excluding hydrogens is 504 g/mol. The van der Waals surface area contributed by atoms with Crippen molar-refractivity contribution >= 4 is 63.7 Å². The van der Waals surface area contributed by atoms with Crippen molar-refractivity contribution in [1.29, 1.82) is 0 Å². The minimum Gasteiger partial charge on any atom is -0.384 e. The van der Waals surface area contributed by atoms with Crippen LogP contribution in [0.25, 0.3) is 0 Å². The second kappa shape index (κ2) is 6.39. The predicted octanol–water partition coefficient (Wildman–Crippen LogP) is 6.13. The fourth-order valence-corrected chi connectivity index (χ4v) is 4.15. The van der Waals surface area contributed by atoms with Crippen molar-refractivity contribution in [3.8, 4) is 0 Å². The van der Waals surface area contributed by atoms with Gasteiger partial charge in [0.2, 0.25) is 0 Å². The van der Waals surface area contributed by atoms with Crippen molar-refractivity contribution in [2.24, 2.45) is 0 Å². The van der Waals surface area contributed by atoms with Gasteiger partial charge in [0.25, 0.3) is 0 Å². The van der Waals surface area contributed by atoms with Crippen LogP contribution in [0.4, 0.5) is 0 Å². The van der Waals surface area contributed by atoms with Gasteiger partial charge in [0.05, 0.1) is 0 Å². The summed E-state index contributed by atoms with van der Waals surface area (Å²) in [6, 6.07) is 9.70. The molecule has 1 unspecified atom stereocenters. The average Bonchev–Trinajstić information content (AvgIpc) is 2.31. The van der Waals surface area contributed by atoms with Gasteiger partial charge in [0, 0.05) is 23.5 Å². The van der Waals surface area contributed by atoms with E-state index >= 15 is 0 Å². The third-order valence-electron chi connectivity index (χ3n) is 2.77. The Hall–Kier alpha value is 0.320.